The van der Waals surface area contributed by atoms with Gasteiger partial charge in [0.05, 0.1) is 6.61 Å². The molecule has 7 heteroatoms. The second-order valence-corrected chi connectivity index (χ2v) is 3.32. The highest BCUT2D eigenvalue weighted by Gasteiger charge is 2.07. The molecule has 0 spiro atoms. The van der Waals surface area contributed by atoms with Gasteiger partial charge in [-0.1, -0.05) is 0 Å². The Morgan fingerprint density at radius 1 is 1.28 bits per heavy atom. The van der Waals surface area contributed by atoms with E-state index in [4.69, 9.17) is 4.74 Å². The van der Waals surface area contributed by atoms with E-state index in [1.54, 1.807) is 13.0 Å². The first-order valence-electron chi connectivity index (χ1n) is 5.68. The van der Waals surface area contributed by atoms with Crippen molar-refractivity contribution in [3.63, 3.8) is 0 Å². The molecule has 98 valence electrons. The second-order valence-electron chi connectivity index (χ2n) is 3.32. The van der Waals surface area contributed by atoms with Crippen molar-refractivity contribution < 1.29 is 14.3 Å². The van der Waals surface area contributed by atoms with E-state index >= 15 is 0 Å². The van der Waals surface area contributed by atoms with Crippen LogP contribution in [0.1, 0.15) is 24.3 Å². The van der Waals surface area contributed by atoms with Crippen molar-refractivity contribution in [3.8, 4) is 0 Å². The lowest BCUT2D eigenvalue weighted by Gasteiger charge is -2.05. The van der Waals surface area contributed by atoms with E-state index in [1.165, 1.54) is 6.07 Å². The quantitative estimate of drug-likeness (QED) is 0.702. The molecule has 0 fully saturated rings. The summed E-state index contributed by atoms with van der Waals surface area (Å²) in [7, 11) is 0. The molecule has 0 aliphatic carbocycles. The van der Waals surface area contributed by atoms with Crippen LogP contribution >= 0.6 is 0 Å². The highest BCUT2D eigenvalue weighted by atomic mass is 16.5. The van der Waals surface area contributed by atoms with Crippen molar-refractivity contribution in [2.45, 2.75) is 13.8 Å². The Bertz CT molecular complexity index is 405. The van der Waals surface area contributed by atoms with Gasteiger partial charge in [0.25, 0.3) is 5.91 Å². The molecule has 0 bridgehead atoms. The Labute approximate surface area is 105 Å². The van der Waals surface area contributed by atoms with Gasteiger partial charge in [0.1, 0.15) is 12.4 Å². The summed E-state index contributed by atoms with van der Waals surface area (Å²) in [6, 6.07) is 3.11. The lowest BCUT2D eigenvalue weighted by Crippen LogP contribution is -2.24. The molecule has 0 atom stereocenters. The summed E-state index contributed by atoms with van der Waals surface area (Å²) >= 11 is 0. The van der Waals surface area contributed by atoms with E-state index in [-0.39, 0.29) is 24.1 Å². The number of hydrogen-bond donors (Lipinski definition) is 2. The summed E-state index contributed by atoms with van der Waals surface area (Å²) in [5.41, 5.74) is 0.235. The first-order valence-corrected chi connectivity index (χ1v) is 5.68. The molecule has 0 aromatic carbocycles. The molecule has 0 radical (unpaired) electrons. The van der Waals surface area contributed by atoms with Gasteiger partial charge in [-0.3, -0.25) is 9.59 Å². The fraction of sp³-hybridized carbons (Fsp3) is 0.455. The fourth-order valence-corrected chi connectivity index (χ4v) is 1.17. The molecule has 0 unspecified atom stereocenters. The Kier molecular flexibility index (Phi) is 5.56. The van der Waals surface area contributed by atoms with Crippen LogP contribution < -0.4 is 10.6 Å². The SMILES string of the molecule is CCNC(=O)c1ccc(NCC(=O)OCC)nn1. The largest absolute Gasteiger partial charge is 0.465 e. The molecule has 1 rings (SSSR count). The van der Waals surface area contributed by atoms with Crippen LogP contribution in [0.3, 0.4) is 0 Å². The van der Waals surface area contributed by atoms with Crippen molar-refractivity contribution in [2.75, 3.05) is 25.0 Å². The molecule has 18 heavy (non-hydrogen) atoms. The maximum absolute atomic E-state index is 11.4. The first kappa shape index (κ1) is 13.9. The molecular formula is C11H16N4O3. The number of carbonyl (C=O) groups is 2. The molecule has 0 aliphatic heterocycles. The van der Waals surface area contributed by atoms with Crippen LogP contribution in [0.2, 0.25) is 0 Å². The standard InChI is InChI=1S/C11H16N4O3/c1-3-12-11(17)8-5-6-9(15-14-8)13-7-10(16)18-4-2/h5-6H,3-4,7H2,1-2H3,(H,12,17)(H,13,15). The number of ether oxygens (including phenoxy) is 1. The Morgan fingerprint density at radius 3 is 2.61 bits per heavy atom. The van der Waals surface area contributed by atoms with Crippen LogP contribution in [0.15, 0.2) is 12.1 Å². The average molecular weight is 252 g/mol. The maximum atomic E-state index is 11.4. The van der Waals surface area contributed by atoms with E-state index < -0.39 is 0 Å². The molecule has 0 aliphatic rings. The van der Waals surface area contributed by atoms with E-state index in [1.807, 2.05) is 6.92 Å². The minimum atomic E-state index is -0.368. The van der Waals surface area contributed by atoms with Gasteiger partial charge in [-0.05, 0) is 26.0 Å². The lowest BCUT2D eigenvalue weighted by molar-refractivity contribution is -0.140. The average Bonchev–Trinajstić information content (AvgIpc) is 2.37. The van der Waals surface area contributed by atoms with E-state index in [2.05, 4.69) is 20.8 Å². The van der Waals surface area contributed by atoms with Gasteiger partial charge in [-0.25, -0.2) is 0 Å². The smallest absolute Gasteiger partial charge is 0.325 e. The van der Waals surface area contributed by atoms with Crippen LogP contribution in [0.4, 0.5) is 5.82 Å². The Morgan fingerprint density at radius 2 is 2.06 bits per heavy atom. The van der Waals surface area contributed by atoms with Gasteiger partial charge in [-0.2, -0.15) is 0 Å². The second kappa shape index (κ2) is 7.21. The molecule has 1 heterocycles. The number of carbonyl (C=O) groups excluding carboxylic acids is 2. The fourth-order valence-electron chi connectivity index (χ4n) is 1.17. The number of aromatic nitrogens is 2. The van der Waals surface area contributed by atoms with Crippen molar-refractivity contribution in [1.29, 1.82) is 0 Å². The first-order chi connectivity index (χ1) is 8.67. The van der Waals surface area contributed by atoms with Gasteiger partial charge >= 0.3 is 5.97 Å². The normalized spacial score (nSPS) is 9.67. The minimum Gasteiger partial charge on any atom is -0.465 e. The van der Waals surface area contributed by atoms with Gasteiger partial charge in [-0.15, -0.1) is 10.2 Å². The molecule has 1 amide bonds. The summed E-state index contributed by atoms with van der Waals surface area (Å²) in [6.07, 6.45) is 0. The number of rotatable bonds is 6. The van der Waals surface area contributed by atoms with Crippen molar-refractivity contribution >= 4 is 17.7 Å². The molecular weight excluding hydrogens is 236 g/mol. The molecule has 1 aromatic rings. The summed E-state index contributed by atoms with van der Waals surface area (Å²) in [4.78, 5) is 22.5. The third-order valence-corrected chi connectivity index (χ3v) is 1.95. The van der Waals surface area contributed by atoms with E-state index in [9.17, 15) is 9.59 Å². The van der Waals surface area contributed by atoms with Crippen LogP contribution in [0.5, 0.6) is 0 Å². The van der Waals surface area contributed by atoms with Gasteiger partial charge in [0.2, 0.25) is 0 Å². The molecule has 1 aromatic heterocycles. The minimum absolute atomic E-state index is 0.0169. The van der Waals surface area contributed by atoms with Crippen LogP contribution in [0.25, 0.3) is 0 Å². The predicted molar refractivity (Wildman–Crippen MR) is 65.2 cm³/mol. The third kappa shape index (κ3) is 4.36. The topological polar surface area (TPSA) is 93.2 Å². The van der Waals surface area contributed by atoms with E-state index in [0.717, 1.165) is 0 Å². The van der Waals surface area contributed by atoms with Gasteiger partial charge < -0.3 is 15.4 Å². The van der Waals surface area contributed by atoms with Crippen LogP contribution in [-0.2, 0) is 9.53 Å². The lowest BCUT2D eigenvalue weighted by atomic mass is 10.3. The molecule has 2 N–H and O–H groups in total. The number of anilines is 1. The molecule has 0 saturated carbocycles. The van der Waals surface area contributed by atoms with Crippen LogP contribution in [-0.4, -0.2) is 41.8 Å². The summed E-state index contributed by atoms with van der Waals surface area (Å²) in [5, 5.41) is 12.9. The summed E-state index contributed by atoms with van der Waals surface area (Å²) < 4.78 is 4.74. The van der Waals surface area contributed by atoms with Crippen molar-refractivity contribution in [3.05, 3.63) is 17.8 Å². The maximum Gasteiger partial charge on any atom is 0.325 e. The zero-order valence-corrected chi connectivity index (χ0v) is 10.4. The van der Waals surface area contributed by atoms with Gasteiger partial charge in [0, 0.05) is 6.54 Å². The number of hydrogen-bond acceptors (Lipinski definition) is 6. The Balaban J connectivity index is 2.50. The number of amides is 1. The van der Waals surface area contributed by atoms with Crippen molar-refractivity contribution in [1.82, 2.24) is 15.5 Å². The third-order valence-electron chi connectivity index (χ3n) is 1.95. The van der Waals surface area contributed by atoms with Crippen LogP contribution in [0, 0.1) is 0 Å². The molecule has 7 nitrogen and oxygen atoms in total. The zero-order valence-electron chi connectivity index (χ0n) is 10.4. The highest BCUT2D eigenvalue weighted by molar-refractivity contribution is 5.92. The number of esters is 1. The zero-order chi connectivity index (χ0) is 13.4. The molecule has 0 saturated heterocycles. The Hall–Kier alpha value is -2.18. The van der Waals surface area contributed by atoms with Crippen molar-refractivity contribution in [2.24, 2.45) is 0 Å². The van der Waals surface area contributed by atoms with E-state index in [0.29, 0.717) is 19.0 Å². The highest BCUT2D eigenvalue weighted by Crippen LogP contribution is 2.01. The van der Waals surface area contributed by atoms with Gasteiger partial charge in [0.15, 0.2) is 5.69 Å². The number of nitrogens with zero attached hydrogens (tertiary/aromatic N) is 2. The predicted octanol–water partition coefficient (Wildman–Crippen LogP) is 0.201. The summed E-state index contributed by atoms with van der Waals surface area (Å²) in [5.74, 6) is -0.231. The monoisotopic (exact) mass is 252 g/mol. The number of nitrogens with one attached hydrogen (secondary N) is 2. The summed E-state index contributed by atoms with van der Waals surface area (Å²) in [6.45, 7) is 4.44.